The molecule has 0 aliphatic carbocycles. The van der Waals surface area contributed by atoms with E-state index in [-0.39, 0.29) is 5.82 Å². The largest absolute Gasteiger partial charge is 0.292 e. The number of fused-ring (bicyclic) bond motifs is 4. The summed E-state index contributed by atoms with van der Waals surface area (Å²) in [6.45, 7) is 0. The van der Waals surface area contributed by atoms with Crippen LogP contribution < -0.4 is 0 Å². The first kappa shape index (κ1) is 23.8. The van der Waals surface area contributed by atoms with E-state index in [1.54, 1.807) is 0 Å². The van der Waals surface area contributed by atoms with Crippen LogP contribution in [0.4, 0.5) is 4.39 Å². The number of aromatic nitrogens is 2. The molecule has 0 saturated heterocycles. The Morgan fingerprint density at radius 3 is 1.80 bits per heavy atom. The number of thiophene rings is 1. The molecule has 41 heavy (non-hydrogen) atoms. The highest BCUT2D eigenvalue weighted by molar-refractivity contribution is 7.25. The van der Waals surface area contributed by atoms with Crippen molar-refractivity contribution in [1.82, 2.24) is 9.55 Å². The third kappa shape index (κ3) is 4.12. The molecule has 0 saturated carbocycles. The summed E-state index contributed by atoms with van der Waals surface area (Å²) < 4.78 is 18.2. The first-order valence-electron chi connectivity index (χ1n) is 13.6. The van der Waals surface area contributed by atoms with Crippen LogP contribution in [0.1, 0.15) is 0 Å². The fraction of sp³-hybridized carbons (Fsp3) is 0. The quantitative estimate of drug-likeness (QED) is 0.215. The van der Waals surface area contributed by atoms with Gasteiger partial charge in [0, 0.05) is 31.4 Å². The molecule has 6 aromatic carbocycles. The molecule has 2 heterocycles. The van der Waals surface area contributed by atoms with Crippen molar-refractivity contribution < 1.29 is 4.39 Å². The lowest BCUT2D eigenvalue weighted by molar-refractivity contribution is 0.628. The van der Waals surface area contributed by atoms with Crippen molar-refractivity contribution in [3.63, 3.8) is 0 Å². The molecule has 0 atom stereocenters. The number of benzene rings is 6. The summed E-state index contributed by atoms with van der Waals surface area (Å²) in [4.78, 5) is 5.11. The van der Waals surface area contributed by atoms with Gasteiger partial charge in [-0.05, 0) is 89.0 Å². The van der Waals surface area contributed by atoms with E-state index in [0.717, 1.165) is 39.2 Å². The highest BCUT2D eigenvalue weighted by atomic mass is 32.1. The molecule has 0 aliphatic heterocycles. The van der Waals surface area contributed by atoms with Crippen molar-refractivity contribution >= 4 is 42.5 Å². The van der Waals surface area contributed by atoms with Gasteiger partial charge in [-0.1, -0.05) is 72.8 Å². The topological polar surface area (TPSA) is 17.8 Å². The summed E-state index contributed by atoms with van der Waals surface area (Å²) in [7, 11) is 0. The van der Waals surface area contributed by atoms with Crippen molar-refractivity contribution in [1.29, 1.82) is 0 Å². The Labute approximate surface area is 240 Å². The van der Waals surface area contributed by atoms with E-state index in [1.807, 2.05) is 29.5 Å². The van der Waals surface area contributed by atoms with Gasteiger partial charge in [0.2, 0.25) is 0 Å². The second-order valence-electron chi connectivity index (χ2n) is 10.2. The van der Waals surface area contributed by atoms with Gasteiger partial charge in [0.25, 0.3) is 0 Å². The first-order valence-corrected chi connectivity index (χ1v) is 14.4. The van der Waals surface area contributed by atoms with Gasteiger partial charge in [-0.15, -0.1) is 11.3 Å². The van der Waals surface area contributed by atoms with E-state index in [4.69, 9.17) is 4.98 Å². The van der Waals surface area contributed by atoms with Crippen molar-refractivity contribution in [2.45, 2.75) is 0 Å². The number of hydrogen-bond acceptors (Lipinski definition) is 2. The Morgan fingerprint density at radius 2 is 1.07 bits per heavy atom. The minimum absolute atomic E-state index is 0.230. The zero-order valence-corrected chi connectivity index (χ0v) is 22.8. The number of hydrogen-bond donors (Lipinski definition) is 0. The average Bonchev–Trinajstić information content (AvgIpc) is 3.60. The molecule has 4 heteroatoms. The number of rotatable bonds is 4. The van der Waals surface area contributed by atoms with Crippen LogP contribution in [0.5, 0.6) is 0 Å². The molecule has 0 radical (unpaired) electrons. The standard InChI is InChI=1S/C37H23FN2S/c38-29-16-10-25(11-17-29)26-12-18-30(19-13-26)40-34-9-5-4-8-33(34)39-37(40)28-15-21-36-32(23-28)31-22-27(14-20-35(31)41-36)24-6-2-1-3-7-24/h1-23H. The summed E-state index contributed by atoms with van der Waals surface area (Å²) in [5.74, 6) is 0.674. The smallest absolute Gasteiger partial charge is 0.145 e. The van der Waals surface area contributed by atoms with Gasteiger partial charge >= 0.3 is 0 Å². The Morgan fingerprint density at radius 1 is 0.512 bits per heavy atom. The Balaban J connectivity index is 1.28. The van der Waals surface area contributed by atoms with E-state index in [9.17, 15) is 4.39 Å². The van der Waals surface area contributed by atoms with Crippen LogP contribution in [0.25, 0.3) is 70.5 Å². The van der Waals surface area contributed by atoms with Crippen molar-refractivity contribution in [3.8, 4) is 39.3 Å². The first-order chi connectivity index (χ1) is 20.2. The highest BCUT2D eigenvalue weighted by Crippen LogP contribution is 2.39. The van der Waals surface area contributed by atoms with Gasteiger partial charge in [0.05, 0.1) is 11.0 Å². The zero-order chi connectivity index (χ0) is 27.3. The molecule has 0 amide bonds. The van der Waals surface area contributed by atoms with Crippen LogP contribution in [0.3, 0.4) is 0 Å². The van der Waals surface area contributed by atoms with Gasteiger partial charge in [-0.2, -0.15) is 0 Å². The minimum Gasteiger partial charge on any atom is -0.292 e. The lowest BCUT2D eigenvalue weighted by Crippen LogP contribution is -1.97. The van der Waals surface area contributed by atoms with Crippen LogP contribution in [-0.2, 0) is 0 Å². The SMILES string of the molecule is Fc1ccc(-c2ccc(-n3c(-c4ccc5sc6ccc(-c7ccccc7)cc6c5c4)nc4ccccc43)cc2)cc1. The second kappa shape index (κ2) is 9.54. The molecule has 194 valence electrons. The number of halogens is 1. The van der Waals surface area contributed by atoms with E-state index >= 15 is 0 Å². The maximum atomic E-state index is 13.5. The van der Waals surface area contributed by atoms with Crippen LogP contribution in [0.2, 0.25) is 0 Å². The van der Waals surface area contributed by atoms with E-state index in [1.165, 1.54) is 43.4 Å². The van der Waals surface area contributed by atoms with E-state index in [0.29, 0.717) is 0 Å². The Bertz CT molecular complexity index is 2190. The van der Waals surface area contributed by atoms with Crippen molar-refractivity contribution in [2.75, 3.05) is 0 Å². The molecular weight excluding hydrogens is 523 g/mol. The summed E-state index contributed by atoms with van der Waals surface area (Å²) in [5, 5.41) is 2.50. The molecule has 0 unspecified atom stereocenters. The molecule has 0 fully saturated rings. The van der Waals surface area contributed by atoms with Crippen LogP contribution in [0, 0.1) is 5.82 Å². The number of para-hydroxylation sites is 2. The maximum absolute atomic E-state index is 13.5. The van der Waals surface area contributed by atoms with Crippen molar-refractivity contribution in [2.24, 2.45) is 0 Å². The van der Waals surface area contributed by atoms with Crippen LogP contribution in [-0.4, -0.2) is 9.55 Å². The maximum Gasteiger partial charge on any atom is 0.145 e. The van der Waals surface area contributed by atoms with E-state index in [2.05, 4.69) is 114 Å². The molecule has 8 rings (SSSR count). The lowest BCUT2D eigenvalue weighted by atomic mass is 10.0. The molecule has 0 bridgehead atoms. The minimum atomic E-state index is -0.230. The average molecular weight is 547 g/mol. The summed E-state index contributed by atoms with van der Waals surface area (Å²) in [6, 6.07) is 47.3. The predicted molar refractivity (Wildman–Crippen MR) is 170 cm³/mol. The molecule has 0 N–H and O–H groups in total. The van der Waals surface area contributed by atoms with Crippen LogP contribution in [0.15, 0.2) is 140 Å². The number of imidazole rings is 1. The van der Waals surface area contributed by atoms with Gasteiger partial charge < -0.3 is 0 Å². The molecule has 8 aromatic rings. The predicted octanol–water partition coefficient (Wildman–Crippen LogP) is 10.5. The summed E-state index contributed by atoms with van der Waals surface area (Å²) >= 11 is 1.82. The van der Waals surface area contributed by atoms with Gasteiger partial charge in [0.15, 0.2) is 0 Å². The lowest BCUT2D eigenvalue weighted by Gasteiger charge is -2.11. The third-order valence-electron chi connectivity index (χ3n) is 7.70. The second-order valence-corrected chi connectivity index (χ2v) is 11.3. The van der Waals surface area contributed by atoms with Gasteiger partial charge in [-0.3, -0.25) is 4.57 Å². The fourth-order valence-corrected chi connectivity index (χ4v) is 6.72. The molecule has 2 aromatic heterocycles. The number of nitrogens with zero attached hydrogens (tertiary/aromatic N) is 2. The zero-order valence-electron chi connectivity index (χ0n) is 22.0. The highest BCUT2D eigenvalue weighted by Gasteiger charge is 2.16. The Hall–Kier alpha value is -5.06. The fourth-order valence-electron chi connectivity index (χ4n) is 5.65. The van der Waals surface area contributed by atoms with Crippen LogP contribution >= 0.6 is 11.3 Å². The Kier molecular flexibility index (Phi) is 5.54. The molecular formula is C37H23FN2S. The van der Waals surface area contributed by atoms with E-state index < -0.39 is 0 Å². The molecule has 0 aliphatic rings. The van der Waals surface area contributed by atoms with Gasteiger partial charge in [0.1, 0.15) is 11.6 Å². The molecule has 0 spiro atoms. The van der Waals surface area contributed by atoms with Crippen molar-refractivity contribution in [3.05, 3.63) is 145 Å². The normalized spacial score (nSPS) is 11.5. The van der Waals surface area contributed by atoms with Gasteiger partial charge in [-0.25, -0.2) is 9.37 Å². The monoisotopic (exact) mass is 546 g/mol. The summed E-state index contributed by atoms with van der Waals surface area (Å²) in [5.41, 5.74) is 8.57. The third-order valence-corrected chi connectivity index (χ3v) is 8.85. The summed E-state index contributed by atoms with van der Waals surface area (Å²) in [6.07, 6.45) is 0. The molecule has 2 nitrogen and oxygen atoms in total.